The van der Waals surface area contributed by atoms with E-state index < -0.39 is 22.0 Å². The summed E-state index contributed by atoms with van der Waals surface area (Å²) in [4.78, 5) is 24.4. The standard InChI is InChI=1S/C13H17N3O5S/c1-3-15-12(17)11(9-14-8-10-6-5-7-21-10)13(18)16(4-2)22(15,19)20/h5-7,9,14H,3-4,8H2,1-2H3. The lowest BCUT2D eigenvalue weighted by atomic mass is 10.2. The van der Waals surface area contributed by atoms with Crippen LogP contribution in [0.2, 0.25) is 0 Å². The summed E-state index contributed by atoms with van der Waals surface area (Å²) in [6.45, 7) is 3.27. The average Bonchev–Trinajstić information content (AvgIpc) is 2.96. The Bertz CT molecular complexity index is 661. The van der Waals surface area contributed by atoms with E-state index in [9.17, 15) is 18.0 Å². The van der Waals surface area contributed by atoms with Gasteiger partial charge >= 0.3 is 10.2 Å². The van der Waals surface area contributed by atoms with Crippen LogP contribution in [0.5, 0.6) is 0 Å². The smallest absolute Gasteiger partial charge is 0.331 e. The highest BCUT2D eigenvalue weighted by Gasteiger charge is 2.45. The minimum absolute atomic E-state index is 0.0412. The summed E-state index contributed by atoms with van der Waals surface area (Å²) in [5, 5.41) is 2.79. The lowest BCUT2D eigenvalue weighted by Gasteiger charge is -2.33. The van der Waals surface area contributed by atoms with Gasteiger partial charge in [-0.1, -0.05) is 0 Å². The largest absolute Gasteiger partial charge is 0.467 e. The number of rotatable bonds is 5. The summed E-state index contributed by atoms with van der Waals surface area (Å²) in [7, 11) is -4.08. The zero-order valence-electron chi connectivity index (χ0n) is 12.3. The second-order valence-corrected chi connectivity index (χ2v) is 6.24. The highest BCUT2D eigenvalue weighted by atomic mass is 32.2. The van der Waals surface area contributed by atoms with Crippen LogP contribution in [0.25, 0.3) is 0 Å². The molecule has 2 amide bonds. The Kier molecular flexibility index (Phi) is 4.55. The fourth-order valence-electron chi connectivity index (χ4n) is 2.09. The maximum Gasteiger partial charge on any atom is 0.331 e. The van der Waals surface area contributed by atoms with Gasteiger partial charge in [-0.05, 0) is 26.0 Å². The molecule has 1 fully saturated rings. The third-order valence-electron chi connectivity index (χ3n) is 3.15. The van der Waals surface area contributed by atoms with Crippen LogP contribution in [0, 0.1) is 0 Å². The maximum atomic E-state index is 12.2. The molecule has 0 atom stereocenters. The third kappa shape index (κ3) is 2.71. The second kappa shape index (κ2) is 6.22. The molecule has 1 aromatic rings. The molecule has 120 valence electrons. The molecule has 1 aromatic heterocycles. The minimum Gasteiger partial charge on any atom is -0.467 e. The van der Waals surface area contributed by atoms with Gasteiger partial charge in [0.25, 0.3) is 11.8 Å². The number of likely N-dealkylation sites (N-methyl/N-ethyl adjacent to an activating group) is 2. The summed E-state index contributed by atoms with van der Waals surface area (Å²) in [6.07, 6.45) is 2.73. The molecule has 0 saturated carbocycles. The van der Waals surface area contributed by atoms with Crippen molar-refractivity contribution in [3.05, 3.63) is 35.9 Å². The predicted octanol–water partition coefficient (Wildman–Crippen LogP) is 0.208. The van der Waals surface area contributed by atoms with Crippen molar-refractivity contribution in [1.82, 2.24) is 13.9 Å². The van der Waals surface area contributed by atoms with Crippen LogP contribution in [0.1, 0.15) is 19.6 Å². The summed E-state index contributed by atoms with van der Waals surface area (Å²) in [6, 6.07) is 3.45. The second-order valence-electron chi connectivity index (χ2n) is 4.47. The van der Waals surface area contributed by atoms with E-state index in [0.29, 0.717) is 14.4 Å². The van der Waals surface area contributed by atoms with Crippen LogP contribution < -0.4 is 5.32 Å². The van der Waals surface area contributed by atoms with Gasteiger partial charge in [-0.25, -0.2) is 8.61 Å². The van der Waals surface area contributed by atoms with E-state index in [4.69, 9.17) is 4.42 Å². The first-order chi connectivity index (χ1) is 10.4. The Labute approximate surface area is 128 Å². The van der Waals surface area contributed by atoms with Crippen molar-refractivity contribution in [3.8, 4) is 0 Å². The van der Waals surface area contributed by atoms with Crippen molar-refractivity contribution in [2.45, 2.75) is 20.4 Å². The molecule has 8 nitrogen and oxygen atoms in total. The molecule has 2 heterocycles. The van der Waals surface area contributed by atoms with Crippen molar-refractivity contribution in [2.75, 3.05) is 13.1 Å². The van der Waals surface area contributed by atoms with Crippen molar-refractivity contribution in [3.63, 3.8) is 0 Å². The van der Waals surface area contributed by atoms with Crippen LogP contribution in [0.4, 0.5) is 0 Å². The molecule has 0 spiro atoms. The van der Waals surface area contributed by atoms with E-state index in [0.717, 1.165) is 0 Å². The van der Waals surface area contributed by atoms with Gasteiger partial charge in [0.1, 0.15) is 11.3 Å². The molecular formula is C13H17N3O5S. The van der Waals surface area contributed by atoms with Gasteiger partial charge in [0, 0.05) is 19.3 Å². The fraction of sp³-hybridized carbons (Fsp3) is 0.385. The molecule has 1 aliphatic heterocycles. The molecule has 0 aromatic carbocycles. The van der Waals surface area contributed by atoms with Gasteiger partial charge in [-0.2, -0.15) is 8.42 Å². The van der Waals surface area contributed by atoms with Crippen molar-refractivity contribution in [2.24, 2.45) is 0 Å². The van der Waals surface area contributed by atoms with Crippen molar-refractivity contribution < 1.29 is 22.4 Å². The van der Waals surface area contributed by atoms with E-state index in [1.165, 1.54) is 26.3 Å². The Hall–Kier alpha value is -2.29. The quantitative estimate of drug-likeness (QED) is 0.613. The van der Waals surface area contributed by atoms with Gasteiger partial charge in [0.2, 0.25) is 0 Å². The van der Waals surface area contributed by atoms with Crippen molar-refractivity contribution in [1.29, 1.82) is 0 Å². The summed E-state index contributed by atoms with van der Waals surface area (Å²) in [5.41, 5.74) is -0.218. The van der Waals surface area contributed by atoms with E-state index in [1.807, 2.05) is 0 Å². The molecule has 9 heteroatoms. The van der Waals surface area contributed by atoms with Gasteiger partial charge in [-0.15, -0.1) is 0 Å². The Morgan fingerprint density at radius 1 is 1.18 bits per heavy atom. The number of carbonyl (C=O) groups is 2. The van der Waals surface area contributed by atoms with Gasteiger partial charge in [-0.3, -0.25) is 9.59 Å². The molecule has 0 radical (unpaired) electrons. The lowest BCUT2D eigenvalue weighted by molar-refractivity contribution is -0.131. The molecule has 0 unspecified atom stereocenters. The van der Waals surface area contributed by atoms with Crippen LogP contribution in [0.15, 0.2) is 34.6 Å². The van der Waals surface area contributed by atoms with Crippen LogP contribution in [-0.2, 0) is 26.3 Å². The lowest BCUT2D eigenvalue weighted by Crippen LogP contribution is -2.56. The molecule has 2 rings (SSSR count). The average molecular weight is 327 g/mol. The number of amides is 2. The van der Waals surface area contributed by atoms with Gasteiger partial charge < -0.3 is 9.73 Å². The first-order valence-corrected chi connectivity index (χ1v) is 8.18. The highest BCUT2D eigenvalue weighted by molar-refractivity contribution is 7.88. The van der Waals surface area contributed by atoms with Crippen LogP contribution in [-0.4, -0.2) is 41.9 Å². The Morgan fingerprint density at radius 3 is 2.23 bits per heavy atom. The molecular weight excluding hydrogens is 310 g/mol. The minimum atomic E-state index is -4.08. The number of carbonyl (C=O) groups excluding carboxylic acids is 2. The van der Waals surface area contributed by atoms with Crippen molar-refractivity contribution >= 4 is 22.0 Å². The highest BCUT2D eigenvalue weighted by Crippen LogP contribution is 2.21. The SMILES string of the molecule is CCN1C(=O)C(=CNCc2ccco2)C(=O)N(CC)S1(=O)=O. The third-order valence-corrected chi connectivity index (χ3v) is 5.11. The van der Waals surface area contributed by atoms with E-state index >= 15 is 0 Å². The zero-order chi connectivity index (χ0) is 16.3. The molecule has 0 bridgehead atoms. The number of furan rings is 1. The summed E-state index contributed by atoms with van der Waals surface area (Å²) in [5.74, 6) is -1.03. The topological polar surface area (TPSA) is 99.9 Å². The number of nitrogens with zero attached hydrogens (tertiary/aromatic N) is 2. The monoisotopic (exact) mass is 327 g/mol. The summed E-state index contributed by atoms with van der Waals surface area (Å²) >= 11 is 0. The normalized spacial score (nSPS) is 17.8. The molecule has 0 aliphatic carbocycles. The summed E-state index contributed by atoms with van der Waals surface area (Å²) < 4.78 is 30.8. The Balaban J connectivity index is 2.26. The Morgan fingerprint density at radius 2 is 1.77 bits per heavy atom. The number of hydrogen-bond donors (Lipinski definition) is 1. The van der Waals surface area contributed by atoms with E-state index in [2.05, 4.69) is 5.32 Å². The van der Waals surface area contributed by atoms with E-state index in [1.54, 1.807) is 12.1 Å². The molecule has 1 N–H and O–H groups in total. The van der Waals surface area contributed by atoms with Gasteiger partial charge in [0.05, 0.1) is 12.8 Å². The number of hydrogen-bond acceptors (Lipinski definition) is 6. The molecule has 1 saturated heterocycles. The van der Waals surface area contributed by atoms with Gasteiger partial charge in [0.15, 0.2) is 0 Å². The van der Waals surface area contributed by atoms with E-state index in [-0.39, 0.29) is 25.2 Å². The first-order valence-electron chi connectivity index (χ1n) is 6.78. The zero-order valence-corrected chi connectivity index (χ0v) is 13.1. The fourth-order valence-corrected chi connectivity index (χ4v) is 3.60. The maximum absolute atomic E-state index is 12.2. The molecule has 22 heavy (non-hydrogen) atoms. The predicted molar refractivity (Wildman–Crippen MR) is 77.3 cm³/mol. The van der Waals surface area contributed by atoms with Crippen LogP contribution >= 0.6 is 0 Å². The first kappa shape index (κ1) is 16.1. The number of nitrogens with one attached hydrogen (secondary N) is 1. The van der Waals surface area contributed by atoms with Crippen LogP contribution in [0.3, 0.4) is 0 Å². The molecule has 1 aliphatic rings.